The number of hydrogen-bond donors (Lipinski definition) is 1. The molecule has 0 bridgehead atoms. The lowest BCUT2D eigenvalue weighted by Gasteiger charge is -2.42. The molecular weight excluding hydrogens is 174 g/mol. The van der Waals surface area contributed by atoms with E-state index >= 15 is 0 Å². The molecule has 2 fully saturated rings. The van der Waals surface area contributed by atoms with Gasteiger partial charge in [0.1, 0.15) is 0 Å². The fraction of sp³-hybridized carbons (Fsp3) is 1.00. The fourth-order valence-corrected chi connectivity index (χ4v) is 3.62. The Labute approximate surface area is 87.2 Å². The van der Waals surface area contributed by atoms with Gasteiger partial charge < -0.3 is 10.5 Å². The zero-order valence-corrected chi connectivity index (χ0v) is 9.30. The van der Waals surface area contributed by atoms with Crippen molar-refractivity contribution in [2.45, 2.75) is 39.0 Å². The third-order valence-corrected chi connectivity index (χ3v) is 4.68. The van der Waals surface area contributed by atoms with Crippen LogP contribution in [0.4, 0.5) is 0 Å². The predicted octanol–water partition coefficient (Wildman–Crippen LogP) is 2.18. The second-order valence-corrected chi connectivity index (χ2v) is 5.12. The molecule has 2 N–H and O–H groups in total. The van der Waals surface area contributed by atoms with E-state index in [0.29, 0.717) is 5.41 Å². The summed E-state index contributed by atoms with van der Waals surface area (Å²) >= 11 is 0. The smallest absolute Gasteiger partial charge is 0.0468 e. The van der Waals surface area contributed by atoms with E-state index in [1.54, 1.807) is 0 Å². The fourth-order valence-electron chi connectivity index (χ4n) is 3.62. The highest BCUT2D eigenvalue weighted by Gasteiger charge is 2.45. The zero-order chi connectivity index (χ0) is 10.0. The van der Waals surface area contributed by atoms with Crippen LogP contribution in [0, 0.1) is 17.3 Å². The first kappa shape index (κ1) is 10.4. The molecule has 1 aliphatic carbocycles. The van der Waals surface area contributed by atoms with Gasteiger partial charge in [-0.25, -0.2) is 0 Å². The first-order valence-electron chi connectivity index (χ1n) is 6.07. The van der Waals surface area contributed by atoms with Crippen LogP contribution in [-0.4, -0.2) is 19.8 Å². The first-order valence-corrected chi connectivity index (χ1v) is 6.07. The molecule has 0 amide bonds. The Morgan fingerprint density at radius 1 is 1.29 bits per heavy atom. The monoisotopic (exact) mass is 197 g/mol. The molecule has 0 aromatic carbocycles. The van der Waals surface area contributed by atoms with Gasteiger partial charge >= 0.3 is 0 Å². The summed E-state index contributed by atoms with van der Waals surface area (Å²) in [6.07, 6.45) is 6.60. The Morgan fingerprint density at radius 2 is 2.00 bits per heavy atom. The van der Waals surface area contributed by atoms with Gasteiger partial charge in [-0.15, -0.1) is 0 Å². The summed E-state index contributed by atoms with van der Waals surface area (Å²) in [6, 6.07) is 0. The molecule has 0 radical (unpaired) electrons. The summed E-state index contributed by atoms with van der Waals surface area (Å²) in [6.45, 7) is 5.20. The highest BCUT2D eigenvalue weighted by molar-refractivity contribution is 4.96. The van der Waals surface area contributed by atoms with Crippen LogP contribution in [0.2, 0.25) is 0 Å². The van der Waals surface area contributed by atoms with Gasteiger partial charge in [-0.2, -0.15) is 0 Å². The second-order valence-electron chi connectivity index (χ2n) is 5.12. The molecule has 14 heavy (non-hydrogen) atoms. The summed E-state index contributed by atoms with van der Waals surface area (Å²) in [5.74, 6) is 1.66. The molecule has 1 aliphatic heterocycles. The van der Waals surface area contributed by atoms with Crippen LogP contribution in [0.5, 0.6) is 0 Å². The molecule has 1 saturated heterocycles. The van der Waals surface area contributed by atoms with Crippen molar-refractivity contribution in [1.29, 1.82) is 0 Å². The highest BCUT2D eigenvalue weighted by atomic mass is 16.5. The summed E-state index contributed by atoms with van der Waals surface area (Å²) in [7, 11) is 0. The third-order valence-electron chi connectivity index (χ3n) is 4.68. The van der Waals surface area contributed by atoms with Crippen LogP contribution >= 0.6 is 0 Å². The third kappa shape index (κ3) is 1.59. The van der Waals surface area contributed by atoms with Gasteiger partial charge in [-0.1, -0.05) is 19.8 Å². The molecule has 2 rings (SSSR count). The van der Waals surface area contributed by atoms with Crippen molar-refractivity contribution in [3.63, 3.8) is 0 Å². The number of rotatable bonds is 2. The average Bonchev–Trinajstić information content (AvgIpc) is 2.62. The van der Waals surface area contributed by atoms with Gasteiger partial charge in [0.05, 0.1) is 0 Å². The SMILES string of the molecule is CC1CCCC1(CN)C1CCOCC1. The van der Waals surface area contributed by atoms with E-state index in [1.807, 2.05) is 0 Å². The van der Waals surface area contributed by atoms with Crippen molar-refractivity contribution in [3.05, 3.63) is 0 Å². The van der Waals surface area contributed by atoms with Gasteiger partial charge in [0.2, 0.25) is 0 Å². The Balaban J connectivity index is 2.09. The van der Waals surface area contributed by atoms with E-state index in [0.717, 1.165) is 31.6 Å². The molecule has 1 saturated carbocycles. The van der Waals surface area contributed by atoms with Crippen molar-refractivity contribution < 1.29 is 4.74 Å². The van der Waals surface area contributed by atoms with Crippen molar-refractivity contribution in [2.75, 3.05) is 19.8 Å². The van der Waals surface area contributed by atoms with Crippen LogP contribution in [0.1, 0.15) is 39.0 Å². The maximum Gasteiger partial charge on any atom is 0.0468 e. The summed E-state index contributed by atoms with van der Waals surface area (Å²) in [4.78, 5) is 0. The van der Waals surface area contributed by atoms with Crippen LogP contribution < -0.4 is 5.73 Å². The first-order chi connectivity index (χ1) is 6.79. The van der Waals surface area contributed by atoms with Gasteiger partial charge in [0.15, 0.2) is 0 Å². The molecule has 0 aromatic rings. The van der Waals surface area contributed by atoms with Crippen molar-refractivity contribution in [2.24, 2.45) is 23.0 Å². The average molecular weight is 197 g/mol. The molecule has 0 spiro atoms. The standard InChI is InChI=1S/C12H23NO/c1-10-3-2-6-12(10,9-13)11-4-7-14-8-5-11/h10-11H,2-9,13H2,1H3. The lowest BCUT2D eigenvalue weighted by atomic mass is 9.66. The van der Waals surface area contributed by atoms with E-state index in [9.17, 15) is 0 Å². The molecule has 82 valence electrons. The molecule has 2 nitrogen and oxygen atoms in total. The van der Waals surface area contributed by atoms with E-state index in [2.05, 4.69) is 6.92 Å². The zero-order valence-electron chi connectivity index (χ0n) is 9.30. The summed E-state index contributed by atoms with van der Waals surface area (Å²) < 4.78 is 5.44. The van der Waals surface area contributed by atoms with E-state index in [-0.39, 0.29) is 0 Å². The van der Waals surface area contributed by atoms with Gasteiger partial charge in [0.25, 0.3) is 0 Å². The molecular formula is C12H23NO. The second kappa shape index (κ2) is 4.19. The van der Waals surface area contributed by atoms with Crippen molar-refractivity contribution in [1.82, 2.24) is 0 Å². The maximum absolute atomic E-state index is 6.05. The predicted molar refractivity (Wildman–Crippen MR) is 58.0 cm³/mol. The number of nitrogens with two attached hydrogens (primary N) is 1. The topological polar surface area (TPSA) is 35.2 Å². The van der Waals surface area contributed by atoms with Crippen LogP contribution in [0.15, 0.2) is 0 Å². The number of hydrogen-bond acceptors (Lipinski definition) is 2. The highest BCUT2D eigenvalue weighted by Crippen LogP contribution is 2.50. The van der Waals surface area contributed by atoms with E-state index in [4.69, 9.17) is 10.5 Å². The van der Waals surface area contributed by atoms with Crippen LogP contribution in [0.3, 0.4) is 0 Å². The van der Waals surface area contributed by atoms with Crippen molar-refractivity contribution >= 4 is 0 Å². The minimum atomic E-state index is 0.462. The molecule has 2 unspecified atom stereocenters. The van der Waals surface area contributed by atoms with Crippen LogP contribution in [-0.2, 0) is 4.74 Å². The van der Waals surface area contributed by atoms with Crippen LogP contribution in [0.25, 0.3) is 0 Å². The molecule has 2 atom stereocenters. The largest absolute Gasteiger partial charge is 0.381 e. The summed E-state index contributed by atoms with van der Waals surface area (Å²) in [5, 5.41) is 0. The Bertz CT molecular complexity index is 189. The lowest BCUT2D eigenvalue weighted by molar-refractivity contribution is -0.00142. The van der Waals surface area contributed by atoms with Gasteiger partial charge in [-0.05, 0) is 43.1 Å². The molecule has 1 heterocycles. The van der Waals surface area contributed by atoms with E-state index < -0.39 is 0 Å². The normalized spacial score (nSPS) is 40.3. The summed E-state index contributed by atoms with van der Waals surface area (Å²) in [5.41, 5.74) is 6.51. The number of ether oxygens (including phenoxy) is 1. The van der Waals surface area contributed by atoms with E-state index in [1.165, 1.54) is 32.1 Å². The van der Waals surface area contributed by atoms with Gasteiger partial charge in [0, 0.05) is 13.2 Å². The lowest BCUT2D eigenvalue weighted by Crippen LogP contribution is -2.42. The maximum atomic E-state index is 6.05. The quantitative estimate of drug-likeness (QED) is 0.736. The molecule has 2 aliphatic rings. The Kier molecular flexibility index (Phi) is 3.13. The van der Waals surface area contributed by atoms with Gasteiger partial charge in [-0.3, -0.25) is 0 Å². The Morgan fingerprint density at radius 3 is 2.50 bits per heavy atom. The van der Waals surface area contributed by atoms with Crippen molar-refractivity contribution in [3.8, 4) is 0 Å². The minimum Gasteiger partial charge on any atom is -0.381 e. The molecule has 0 aromatic heterocycles. The minimum absolute atomic E-state index is 0.462. The Hall–Kier alpha value is -0.0800. The molecule has 2 heteroatoms.